The molecule has 6 heteroatoms. The first kappa shape index (κ1) is 13.9. The standard InChI is InChI=1S/C14H24N4O2/c1-2-15-9-12-11-20-14(16-12)18-4-3-13(10-18)17-5-7-19-8-6-17/h11,13,15H,2-10H2,1H3. The molecule has 20 heavy (non-hydrogen) atoms. The zero-order chi connectivity index (χ0) is 13.8. The van der Waals surface area contributed by atoms with E-state index in [1.807, 2.05) is 0 Å². The molecular weight excluding hydrogens is 256 g/mol. The fourth-order valence-electron chi connectivity index (χ4n) is 2.93. The Morgan fingerprint density at radius 3 is 3.00 bits per heavy atom. The average Bonchev–Trinajstić information content (AvgIpc) is 3.15. The third kappa shape index (κ3) is 3.13. The van der Waals surface area contributed by atoms with Crippen LogP contribution < -0.4 is 10.2 Å². The summed E-state index contributed by atoms with van der Waals surface area (Å²) in [6.07, 6.45) is 2.95. The van der Waals surface area contributed by atoms with Crippen molar-refractivity contribution in [3.8, 4) is 0 Å². The molecule has 1 aromatic heterocycles. The molecule has 2 aliphatic heterocycles. The highest BCUT2D eigenvalue weighted by atomic mass is 16.5. The molecule has 0 spiro atoms. The maximum absolute atomic E-state index is 5.61. The quantitative estimate of drug-likeness (QED) is 0.857. The smallest absolute Gasteiger partial charge is 0.297 e. The molecule has 0 amide bonds. The van der Waals surface area contributed by atoms with Gasteiger partial charge in [-0.1, -0.05) is 6.92 Å². The van der Waals surface area contributed by atoms with Crippen LogP contribution in [-0.2, 0) is 11.3 Å². The number of ether oxygens (including phenoxy) is 1. The minimum atomic E-state index is 0.614. The second-order valence-corrected chi connectivity index (χ2v) is 5.44. The largest absolute Gasteiger partial charge is 0.432 e. The third-order valence-electron chi connectivity index (χ3n) is 4.09. The number of morpholine rings is 1. The van der Waals surface area contributed by atoms with Gasteiger partial charge in [-0.3, -0.25) is 4.90 Å². The van der Waals surface area contributed by atoms with Gasteiger partial charge in [-0.05, 0) is 13.0 Å². The number of anilines is 1. The molecule has 0 aliphatic carbocycles. The molecule has 0 bridgehead atoms. The monoisotopic (exact) mass is 280 g/mol. The van der Waals surface area contributed by atoms with Gasteiger partial charge in [-0.25, -0.2) is 0 Å². The van der Waals surface area contributed by atoms with Gasteiger partial charge in [0.2, 0.25) is 0 Å². The molecule has 2 saturated heterocycles. The first-order valence-corrected chi connectivity index (χ1v) is 7.58. The first-order chi connectivity index (χ1) is 9.86. The highest BCUT2D eigenvalue weighted by Crippen LogP contribution is 2.23. The molecule has 1 N–H and O–H groups in total. The number of oxazole rings is 1. The Morgan fingerprint density at radius 1 is 1.35 bits per heavy atom. The van der Waals surface area contributed by atoms with Crippen molar-refractivity contribution in [3.05, 3.63) is 12.0 Å². The number of nitrogens with zero attached hydrogens (tertiary/aromatic N) is 3. The number of rotatable bonds is 5. The van der Waals surface area contributed by atoms with Crippen LogP contribution in [0.15, 0.2) is 10.7 Å². The predicted octanol–water partition coefficient (Wildman–Crippen LogP) is 0.695. The summed E-state index contributed by atoms with van der Waals surface area (Å²) in [5.74, 6) is 0. The van der Waals surface area contributed by atoms with Crippen molar-refractivity contribution >= 4 is 6.01 Å². The number of nitrogens with one attached hydrogen (secondary N) is 1. The molecule has 0 saturated carbocycles. The second-order valence-electron chi connectivity index (χ2n) is 5.44. The average molecular weight is 280 g/mol. The molecule has 0 radical (unpaired) electrons. The maximum atomic E-state index is 5.61. The van der Waals surface area contributed by atoms with E-state index in [9.17, 15) is 0 Å². The SMILES string of the molecule is CCNCc1coc(N2CCC(N3CCOCC3)C2)n1. The van der Waals surface area contributed by atoms with E-state index in [-0.39, 0.29) is 0 Å². The molecule has 1 atom stereocenters. The molecule has 112 valence electrons. The molecular formula is C14H24N4O2. The van der Waals surface area contributed by atoms with Gasteiger partial charge in [0.25, 0.3) is 6.01 Å². The van der Waals surface area contributed by atoms with Crippen LogP contribution in [0.25, 0.3) is 0 Å². The number of aromatic nitrogens is 1. The number of hydrogen-bond acceptors (Lipinski definition) is 6. The van der Waals surface area contributed by atoms with Gasteiger partial charge in [-0.2, -0.15) is 4.98 Å². The minimum Gasteiger partial charge on any atom is -0.432 e. The molecule has 2 fully saturated rings. The van der Waals surface area contributed by atoms with Crippen LogP contribution in [0.2, 0.25) is 0 Å². The van der Waals surface area contributed by atoms with Crippen molar-refractivity contribution in [2.75, 3.05) is 50.8 Å². The molecule has 6 nitrogen and oxygen atoms in total. The normalized spacial score (nSPS) is 24.4. The summed E-state index contributed by atoms with van der Waals surface area (Å²) in [5, 5.41) is 3.27. The lowest BCUT2D eigenvalue weighted by Gasteiger charge is -2.31. The van der Waals surface area contributed by atoms with Crippen LogP contribution in [0.3, 0.4) is 0 Å². The van der Waals surface area contributed by atoms with Crippen LogP contribution in [0.4, 0.5) is 6.01 Å². The van der Waals surface area contributed by atoms with Crippen LogP contribution >= 0.6 is 0 Å². The zero-order valence-electron chi connectivity index (χ0n) is 12.2. The molecule has 1 aromatic rings. The molecule has 1 unspecified atom stereocenters. The third-order valence-corrected chi connectivity index (χ3v) is 4.09. The highest BCUT2D eigenvalue weighted by Gasteiger charge is 2.30. The van der Waals surface area contributed by atoms with Crippen LogP contribution in [0.5, 0.6) is 0 Å². The second kappa shape index (κ2) is 6.56. The van der Waals surface area contributed by atoms with E-state index in [0.717, 1.165) is 64.2 Å². The lowest BCUT2D eigenvalue weighted by Crippen LogP contribution is -2.44. The first-order valence-electron chi connectivity index (χ1n) is 7.58. The van der Waals surface area contributed by atoms with Gasteiger partial charge in [0.15, 0.2) is 0 Å². The Morgan fingerprint density at radius 2 is 2.20 bits per heavy atom. The van der Waals surface area contributed by atoms with Crippen molar-refractivity contribution in [1.82, 2.24) is 15.2 Å². The van der Waals surface area contributed by atoms with Crippen molar-refractivity contribution < 1.29 is 9.15 Å². The Hall–Kier alpha value is -1.11. The van der Waals surface area contributed by atoms with Crippen molar-refractivity contribution in [3.63, 3.8) is 0 Å². The zero-order valence-corrected chi connectivity index (χ0v) is 12.2. The molecule has 2 aliphatic rings. The van der Waals surface area contributed by atoms with Crippen LogP contribution in [0, 0.1) is 0 Å². The summed E-state index contributed by atoms with van der Waals surface area (Å²) in [5.41, 5.74) is 0.983. The fraction of sp³-hybridized carbons (Fsp3) is 0.786. The summed E-state index contributed by atoms with van der Waals surface area (Å²) in [6, 6.07) is 1.39. The lowest BCUT2D eigenvalue weighted by molar-refractivity contribution is 0.0209. The Balaban J connectivity index is 1.54. The minimum absolute atomic E-state index is 0.614. The number of hydrogen-bond donors (Lipinski definition) is 1. The van der Waals surface area contributed by atoms with E-state index in [1.165, 1.54) is 6.42 Å². The topological polar surface area (TPSA) is 53.8 Å². The van der Waals surface area contributed by atoms with Gasteiger partial charge in [0, 0.05) is 38.8 Å². The van der Waals surface area contributed by atoms with Crippen LogP contribution in [0.1, 0.15) is 19.0 Å². The van der Waals surface area contributed by atoms with Gasteiger partial charge in [-0.15, -0.1) is 0 Å². The van der Waals surface area contributed by atoms with E-state index in [2.05, 4.69) is 27.0 Å². The Kier molecular flexibility index (Phi) is 4.54. The van der Waals surface area contributed by atoms with Gasteiger partial charge < -0.3 is 19.4 Å². The van der Waals surface area contributed by atoms with Crippen molar-refractivity contribution in [1.29, 1.82) is 0 Å². The Bertz CT molecular complexity index is 417. The van der Waals surface area contributed by atoms with Crippen LogP contribution in [-0.4, -0.2) is 61.9 Å². The van der Waals surface area contributed by atoms with E-state index in [0.29, 0.717) is 6.04 Å². The van der Waals surface area contributed by atoms with Crippen molar-refractivity contribution in [2.45, 2.75) is 25.9 Å². The van der Waals surface area contributed by atoms with Gasteiger partial charge in [0.05, 0.1) is 18.9 Å². The van der Waals surface area contributed by atoms with Gasteiger partial charge in [0.1, 0.15) is 6.26 Å². The molecule has 3 heterocycles. The summed E-state index contributed by atoms with van der Waals surface area (Å²) < 4.78 is 11.0. The van der Waals surface area contributed by atoms with Crippen molar-refractivity contribution in [2.24, 2.45) is 0 Å². The van der Waals surface area contributed by atoms with E-state index in [4.69, 9.17) is 9.15 Å². The summed E-state index contributed by atoms with van der Waals surface area (Å²) >= 11 is 0. The maximum Gasteiger partial charge on any atom is 0.297 e. The highest BCUT2D eigenvalue weighted by molar-refractivity contribution is 5.29. The predicted molar refractivity (Wildman–Crippen MR) is 76.9 cm³/mol. The molecule has 3 rings (SSSR count). The van der Waals surface area contributed by atoms with E-state index in [1.54, 1.807) is 6.26 Å². The van der Waals surface area contributed by atoms with Gasteiger partial charge >= 0.3 is 0 Å². The summed E-state index contributed by atoms with van der Waals surface area (Å²) in [6.45, 7) is 9.70. The Labute approximate surface area is 120 Å². The lowest BCUT2D eigenvalue weighted by atomic mass is 10.2. The summed E-state index contributed by atoms with van der Waals surface area (Å²) in [4.78, 5) is 9.36. The molecule has 0 aromatic carbocycles. The summed E-state index contributed by atoms with van der Waals surface area (Å²) in [7, 11) is 0. The van der Waals surface area contributed by atoms with E-state index < -0.39 is 0 Å². The fourth-order valence-corrected chi connectivity index (χ4v) is 2.93. The van der Waals surface area contributed by atoms with E-state index >= 15 is 0 Å².